The zero-order valence-corrected chi connectivity index (χ0v) is 7.77. The van der Waals surface area contributed by atoms with Crippen molar-refractivity contribution < 1.29 is 17.6 Å². The van der Waals surface area contributed by atoms with Gasteiger partial charge in [-0.25, -0.2) is 4.39 Å². The maximum Gasteiger partial charge on any atom is 0.435 e. The Balaban J connectivity index is 3.13. The summed E-state index contributed by atoms with van der Waals surface area (Å²) in [4.78, 5) is 0. The molecular formula is C8H10F4N2. The zero-order valence-electron chi connectivity index (χ0n) is 7.77. The Morgan fingerprint density at radius 3 is 2.29 bits per heavy atom. The van der Waals surface area contributed by atoms with Crippen LogP contribution in [-0.4, -0.2) is 9.78 Å². The highest BCUT2D eigenvalue weighted by atomic mass is 19.4. The van der Waals surface area contributed by atoms with E-state index in [1.165, 1.54) is 0 Å². The van der Waals surface area contributed by atoms with Gasteiger partial charge in [-0.1, -0.05) is 0 Å². The Hall–Kier alpha value is -1.07. The third-order valence-corrected chi connectivity index (χ3v) is 1.73. The number of hydrogen-bond donors (Lipinski definition) is 0. The Morgan fingerprint density at radius 1 is 1.43 bits per heavy atom. The van der Waals surface area contributed by atoms with Gasteiger partial charge in [0.05, 0.1) is 5.69 Å². The van der Waals surface area contributed by atoms with E-state index in [2.05, 4.69) is 5.10 Å². The molecule has 0 atom stereocenters. The molecule has 0 aromatic carbocycles. The van der Waals surface area contributed by atoms with Crippen molar-refractivity contribution in [3.05, 3.63) is 17.5 Å². The lowest BCUT2D eigenvalue weighted by atomic mass is 10.3. The largest absolute Gasteiger partial charge is 0.435 e. The van der Waals surface area contributed by atoms with Crippen LogP contribution in [0.3, 0.4) is 0 Å². The SMILES string of the molecule is CC(C)n1nc(C(F)(F)F)cc1CF. The van der Waals surface area contributed by atoms with Gasteiger partial charge in [0.25, 0.3) is 0 Å². The van der Waals surface area contributed by atoms with Gasteiger partial charge in [-0.2, -0.15) is 18.3 Å². The number of aromatic nitrogens is 2. The van der Waals surface area contributed by atoms with E-state index >= 15 is 0 Å². The summed E-state index contributed by atoms with van der Waals surface area (Å²) in [5.41, 5.74) is -1.09. The van der Waals surface area contributed by atoms with Crippen molar-refractivity contribution >= 4 is 0 Å². The predicted octanol–water partition coefficient (Wildman–Crippen LogP) is 2.95. The van der Waals surface area contributed by atoms with Crippen molar-refractivity contribution in [2.75, 3.05) is 0 Å². The number of rotatable bonds is 2. The summed E-state index contributed by atoms with van der Waals surface area (Å²) >= 11 is 0. The van der Waals surface area contributed by atoms with Crippen molar-refractivity contribution in [2.24, 2.45) is 0 Å². The fourth-order valence-electron chi connectivity index (χ4n) is 1.12. The van der Waals surface area contributed by atoms with Crippen molar-refractivity contribution in [3.63, 3.8) is 0 Å². The molecule has 1 aromatic heterocycles. The molecule has 0 radical (unpaired) electrons. The molecule has 80 valence electrons. The van der Waals surface area contributed by atoms with Crippen LogP contribution in [0.15, 0.2) is 6.07 Å². The molecule has 0 saturated carbocycles. The Kier molecular flexibility index (Phi) is 2.82. The molecule has 2 nitrogen and oxygen atoms in total. The lowest BCUT2D eigenvalue weighted by molar-refractivity contribution is -0.141. The first-order valence-electron chi connectivity index (χ1n) is 4.08. The van der Waals surface area contributed by atoms with E-state index in [1.54, 1.807) is 13.8 Å². The summed E-state index contributed by atoms with van der Waals surface area (Å²) in [7, 11) is 0. The van der Waals surface area contributed by atoms with Gasteiger partial charge in [-0.05, 0) is 19.9 Å². The summed E-state index contributed by atoms with van der Waals surface area (Å²) < 4.78 is 49.9. The zero-order chi connectivity index (χ0) is 10.9. The minimum atomic E-state index is -4.51. The van der Waals surface area contributed by atoms with Crippen LogP contribution in [0.5, 0.6) is 0 Å². The first-order chi connectivity index (χ1) is 6.36. The van der Waals surface area contributed by atoms with Crippen LogP contribution in [0.2, 0.25) is 0 Å². The van der Waals surface area contributed by atoms with Crippen molar-refractivity contribution in [1.82, 2.24) is 9.78 Å². The average molecular weight is 210 g/mol. The molecule has 0 aliphatic heterocycles. The highest BCUT2D eigenvalue weighted by molar-refractivity contribution is 5.13. The lowest BCUT2D eigenvalue weighted by Crippen LogP contribution is -2.10. The van der Waals surface area contributed by atoms with Crippen LogP contribution in [-0.2, 0) is 12.9 Å². The molecule has 1 aromatic rings. The Bertz CT molecular complexity index is 314. The normalized spacial score (nSPS) is 12.5. The first-order valence-corrected chi connectivity index (χ1v) is 4.08. The molecule has 0 saturated heterocycles. The highest BCUT2D eigenvalue weighted by Crippen LogP contribution is 2.29. The molecule has 0 bridgehead atoms. The molecule has 1 heterocycles. The van der Waals surface area contributed by atoms with Crippen LogP contribution < -0.4 is 0 Å². The van der Waals surface area contributed by atoms with E-state index in [4.69, 9.17) is 0 Å². The van der Waals surface area contributed by atoms with Crippen molar-refractivity contribution in [2.45, 2.75) is 32.7 Å². The van der Waals surface area contributed by atoms with E-state index in [0.29, 0.717) is 0 Å². The van der Waals surface area contributed by atoms with Crippen LogP contribution in [0.25, 0.3) is 0 Å². The Labute approximate surface area is 78.5 Å². The first kappa shape index (κ1) is 11.0. The number of hydrogen-bond acceptors (Lipinski definition) is 1. The quantitative estimate of drug-likeness (QED) is 0.686. The minimum Gasteiger partial charge on any atom is -0.264 e. The van der Waals surface area contributed by atoms with E-state index in [-0.39, 0.29) is 11.7 Å². The predicted molar refractivity (Wildman–Crippen MR) is 42.4 cm³/mol. The van der Waals surface area contributed by atoms with E-state index in [1.807, 2.05) is 0 Å². The highest BCUT2D eigenvalue weighted by Gasteiger charge is 2.35. The van der Waals surface area contributed by atoms with Crippen LogP contribution in [0.1, 0.15) is 31.3 Å². The molecule has 0 fully saturated rings. The molecule has 6 heteroatoms. The summed E-state index contributed by atoms with van der Waals surface area (Å²) in [6.45, 7) is 2.35. The van der Waals surface area contributed by atoms with E-state index in [9.17, 15) is 17.6 Å². The minimum absolute atomic E-state index is 0.0488. The molecular weight excluding hydrogens is 200 g/mol. The van der Waals surface area contributed by atoms with Gasteiger partial charge >= 0.3 is 6.18 Å². The topological polar surface area (TPSA) is 17.8 Å². The number of alkyl halides is 4. The maximum atomic E-state index is 12.3. The molecule has 0 N–H and O–H groups in total. The molecule has 0 aliphatic rings. The summed E-state index contributed by atoms with van der Waals surface area (Å²) in [5.74, 6) is 0. The third kappa shape index (κ3) is 2.05. The molecule has 14 heavy (non-hydrogen) atoms. The fraction of sp³-hybridized carbons (Fsp3) is 0.625. The second-order valence-electron chi connectivity index (χ2n) is 3.19. The summed E-state index contributed by atoms with van der Waals surface area (Å²) in [5, 5.41) is 3.30. The second kappa shape index (κ2) is 3.59. The molecule has 1 rings (SSSR count). The number of halogens is 4. The van der Waals surface area contributed by atoms with Crippen LogP contribution in [0, 0.1) is 0 Å². The van der Waals surface area contributed by atoms with Crippen LogP contribution in [0.4, 0.5) is 17.6 Å². The standard InChI is InChI=1S/C8H10F4N2/c1-5(2)14-6(4-9)3-7(13-14)8(10,11)12/h3,5H,4H2,1-2H3. The summed E-state index contributed by atoms with van der Waals surface area (Å²) in [6.07, 6.45) is -4.51. The number of nitrogens with zero attached hydrogens (tertiary/aromatic N) is 2. The molecule has 0 unspecified atom stereocenters. The van der Waals surface area contributed by atoms with Gasteiger partial charge < -0.3 is 0 Å². The van der Waals surface area contributed by atoms with Gasteiger partial charge in [0.2, 0.25) is 0 Å². The van der Waals surface area contributed by atoms with Gasteiger partial charge in [0.1, 0.15) is 6.67 Å². The molecule has 0 amide bonds. The average Bonchev–Trinajstić information content (AvgIpc) is 2.45. The summed E-state index contributed by atoms with van der Waals surface area (Å²) in [6, 6.07) is 0.455. The molecule has 0 spiro atoms. The third-order valence-electron chi connectivity index (χ3n) is 1.73. The van der Waals surface area contributed by atoms with Gasteiger partial charge in [-0.3, -0.25) is 4.68 Å². The van der Waals surface area contributed by atoms with E-state index in [0.717, 1.165) is 10.7 Å². The van der Waals surface area contributed by atoms with Gasteiger partial charge in [0, 0.05) is 6.04 Å². The maximum absolute atomic E-state index is 12.3. The smallest absolute Gasteiger partial charge is 0.264 e. The Morgan fingerprint density at radius 2 is 2.00 bits per heavy atom. The van der Waals surface area contributed by atoms with Crippen LogP contribution >= 0.6 is 0 Å². The van der Waals surface area contributed by atoms with Crippen molar-refractivity contribution in [1.29, 1.82) is 0 Å². The fourth-order valence-corrected chi connectivity index (χ4v) is 1.12. The molecule has 0 aliphatic carbocycles. The second-order valence-corrected chi connectivity index (χ2v) is 3.19. The van der Waals surface area contributed by atoms with Gasteiger partial charge in [-0.15, -0.1) is 0 Å². The monoisotopic (exact) mass is 210 g/mol. The van der Waals surface area contributed by atoms with Gasteiger partial charge in [0.15, 0.2) is 5.69 Å². The van der Waals surface area contributed by atoms with Crippen molar-refractivity contribution in [3.8, 4) is 0 Å². The van der Waals surface area contributed by atoms with E-state index < -0.39 is 18.5 Å². The lowest BCUT2D eigenvalue weighted by Gasteiger charge is -2.08.